The molecule has 5 nitrogen and oxygen atoms in total. The average Bonchev–Trinajstić information content (AvgIpc) is 2.83. The van der Waals surface area contributed by atoms with Gasteiger partial charge in [0.05, 0.1) is 21.6 Å². The molecule has 0 atom stereocenters. The first kappa shape index (κ1) is 12.5. The van der Waals surface area contributed by atoms with E-state index in [4.69, 9.17) is 11.6 Å². The van der Waals surface area contributed by atoms with Crippen LogP contribution in [0.2, 0.25) is 5.02 Å². The largest absolute Gasteiger partial charge is 0.508 e. The van der Waals surface area contributed by atoms with Crippen LogP contribution in [0.1, 0.15) is 10.4 Å². The third-order valence-electron chi connectivity index (χ3n) is 2.82. The molecule has 0 saturated carbocycles. The number of hydrogen-bond acceptors (Lipinski definition) is 3. The van der Waals surface area contributed by atoms with Crippen LogP contribution < -0.4 is 5.32 Å². The standard InChI is InChI=1S/C14H10ClN3O2/c15-10-6-5-8(19)7-9(10)13(20)18-14-16-11-3-1-2-4-12(11)17-14/h1-7,19H,(H2,16,17,18,20). The van der Waals surface area contributed by atoms with E-state index in [1.165, 1.54) is 18.2 Å². The van der Waals surface area contributed by atoms with E-state index >= 15 is 0 Å². The predicted molar refractivity (Wildman–Crippen MR) is 77.2 cm³/mol. The maximum Gasteiger partial charge on any atom is 0.259 e. The van der Waals surface area contributed by atoms with Gasteiger partial charge in [0, 0.05) is 0 Å². The van der Waals surface area contributed by atoms with Crippen molar-refractivity contribution in [1.82, 2.24) is 9.97 Å². The lowest BCUT2D eigenvalue weighted by atomic mass is 10.2. The topological polar surface area (TPSA) is 78.0 Å². The highest BCUT2D eigenvalue weighted by atomic mass is 35.5. The van der Waals surface area contributed by atoms with Crippen molar-refractivity contribution in [2.75, 3.05) is 5.32 Å². The van der Waals surface area contributed by atoms with Crippen LogP contribution in [0.25, 0.3) is 11.0 Å². The Morgan fingerprint density at radius 2 is 2.05 bits per heavy atom. The Bertz CT molecular complexity index is 765. The van der Waals surface area contributed by atoms with Crippen LogP contribution in [-0.4, -0.2) is 21.0 Å². The maximum atomic E-state index is 12.1. The molecule has 3 rings (SSSR count). The third kappa shape index (κ3) is 2.31. The fraction of sp³-hybridized carbons (Fsp3) is 0. The van der Waals surface area contributed by atoms with Crippen LogP contribution in [0.3, 0.4) is 0 Å². The molecule has 6 heteroatoms. The zero-order valence-corrected chi connectivity index (χ0v) is 11.0. The number of amides is 1. The molecule has 0 aliphatic carbocycles. The van der Waals surface area contributed by atoms with Gasteiger partial charge in [-0.1, -0.05) is 23.7 Å². The lowest BCUT2D eigenvalue weighted by molar-refractivity contribution is 0.102. The minimum Gasteiger partial charge on any atom is -0.508 e. The molecule has 1 amide bonds. The van der Waals surface area contributed by atoms with E-state index in [1.54, 1.807) is 0 Å². The Balaban J connectivity index is 1.90. The minimum absolute atomic E-state index is 0.0239. The lowest BCUT2D eigenvalue weighted by Gasteiger charge is -2.04. The summed E-state index contributed by atoms with van der Waals surface area (Å²) in [5, 5.41) is 12.3. The van der Waals surface area contributed by atoms with E-state index in [1.807, 2.05) is 24.3 Å². The fourth-order valence-corrected chi connectivity index (χ4v) is 2.08. The molecule has 0 fully saturated rings. The van der Waals surface area contributed by atoms with Crippen molar-refractivity contribution in [2.24, 2.45) is 0 Å². The highest BCUT2D eigenvalue weighted by molar-refractivity contribution is 6.34. The first-order valence-electron chi connectivity index (χ1n) is 5.88. The van der Waals surface area contributed by atoms with E-state index in [0.717, 1.165) is 11.0 Å². The quantitative estimate of drug-likeness (QED) is 0.677. The fourth-order valence-electron chi connectivity index (χ4n) is 1.87. The summed E-state index contributed by atoms with van der Waals surface area (Å²) in [6.07, 6.45) is 0. The van der Waals surface area contributed by atoms with E-state index in [9.17, 15) is 9.90 Å². The number of carbonyl (C=O) groups excluding carboxylic acids is 1. The summed E-state index contributed by atoms with van der Waals surface area (Å²) in [6, 6.07) is 11.6. The van der Waals surface area contributed by atoms with Gasteiger partial charge in [0.1, 0.15) is 5.75 Å². The second-order valence-electron chi connectivity index (χ2n) is 4.22. The number of rotatable bonds is 2. The second kappa shape index (κ2) is 4.86. The van der Waals surface area contributed by atoms with Crippen LogP contribution >= 0.6 is 11.6 Å². The van der Waals surface area contributed by atoms with Crippen molar-refractivity contribution >= 4 is 34.5 Å². The van der Waals surface area contributed by atoms with Gasteiger partial charge in [-0.25, -0.2) is 4.98 Å². The number of imidazole rings is 1. The molecule has 0 bridgehead atoms. The van der Waals surface area contributed by atoms with Crippen molar-refractivity contribution in [3.63, 3.8) is 0 Å². The number of aromatic nitrogens is 2. The van der Waals surface area contributed by atoms with Gasteiger partial charge in [-0.15, -0.1) is 0 Å². The number of hydrogen-bond donors (Lipinski definition) is 3. The van der Waals surface area contributed by atoms with Crippen molar-refractivity contribution in [2.45, 2.75) is 0 Å². The van der Waals surface area contributed by atoms with Crippen molar-refractivity contribution < 1.29 is 9.90 Å². The number of phenolic OH excluding ortho intramolecular Hbond substituents is 1. The molecule has 0 aliphatic heterocycles. The minimum atomic E-state index is -0.440. The summed E-state index contributed by atoms with van der Waals surface area (Å²) >= 11 is 5.93. The number of aromatic hydroxyl groups is 1. The number of halogens is 1. The Hall–Kier alpha value is -2.53. The van der Waals surface area contributed by atoms with Gasteiger partial charge in [0.2, 0.25) is 5.95 Å². The first-order chi connectivity index (χ1) is 9.63. The molecule has 100 valence electrons. The van der Waals surface area contributed by atoms with Crippen LogP contribution in [-0.2, 0) is 0 Å². The summed E-state index contributed by atoms with van der Waals surface area (Å²) in [5.41, 5.74) is 1.77. The zero-order chi connectivity index (χ0) is 14.1. The van der Waals surface area contributed by atoms with Crippen molar-refractivity contribution in [3.05, 3.63) is 53.1 Å². The van der Waals surface area contributed by atoms with Crippen LogP contribution in [0.5, 0.6) is 5.75 Å². The summed E-state index contributed by atoms with van der Waals surface area (Å²) in [7, 11) is 0. The number of fused-ring (bicyclic) bond motifs is 1. The van der Waals surface area contributed by atoms with Gasteiger partial charge < -0.3 is 10.1 Å². The van der Waals surface area contributed by atoms with Gasteiger partial charge >= 0.3 is 0 Å². The number of aromatic amines is 1. The number of phenols is 1. The Kier molecular flexibility index (Phi) is 3.04. The molecule has 0 spiro atoms. The molecule has 0 unspecified atom stereocenters. The first-order valence-corrected chi connectivity index (χ1v) is 6.26. The van der Waals surface area contributed by atoms with Crippen LogP contribution in [0, 0.1) is 0 Å². The number of anilines is 1. The zero-order valence-electron chi connectivity index (χ0n) is 10.2. The van der Waals surface area contributed by atoms with Gasteiger partial charge in [-0.05, 0) is 30.3 Å². The number of carbonyl (C=O) groups is 1. The van der Waals surface area contributed by atoms with Crippen LogP contribution in [0.4, 0.5) is 5.95 Å². The second-order valence-corrected chi connectivity index (χ2v) is 4.63. The van der Waals surface area contributed by atoms with E-state index in [-0.39, 0.29) is 16.3 Å². The molecule has 0 saturated heterocycles. The SMILES string of the molecule is O=C(Nc1nc2ccccc2[nH]1)c1cc(O)ccc1Cl. The number of para-hydroxylation sites is 2. The summed E-state index contributed by atoms with van der Waals surface area (Å²) in [5.74, 6) is -0.135. The third-order valence-corrected chi connectivity index (χ3v) is 3.15. The molecule has 1 aromatic heterocycles. The molecule has 0 radical (unpaired) electrons. The van der Waals surface area contributed by atoms with E-state index in [0.29, 0.717) is 5.95 Å². The van der Waals surface area contributed by atoms with E-state index < -0.39 is 5.91 Å². The molecule has 3 aromatic rings. The summed E-state index contributed by atoms with van der Waals surface area (Å²) < 4.78 is 0. The molecule has 1 heterocycles. The van der Waals surface area contributed by atoms with Gasteiger partial charge in [-0.3, -0.25) is 10.1 Å². The van der Waals surface area contributed by atoms with Crippen molar-refractivity contribution in [1.29, 1.82) is 0 Å². The van der Waals surface area contributed by atoms with Gasteiger partial charge in [0.15, 0.2) is 0 Å². The Morgan fingerprint density at radius 1 is 1.25 bits per heavy atom. The monoisotopic (exact) mass is 287 g/mol. The number of nitrogens with one attached hydrogen (secondary N) is 2. The molecule has 0 aliphatic rings. The number of H-pyrrole nitrogens is 1. The average molecular weight is 288 g/mol. The summed E-state index contributed by atoms with van der Waals surface area (Å²) in [6.45, 7) is 0. The molecule has 3 N–H and O–H groups in total. The maximum absolute atomic E-state index is 12.1. The Labute approximate surface area is 119 Å². The lowest BCUT2D eigenvalue weighted by Crippen LogP contribution is -2.13. The molecule has 20 heavy (non-hydrogen) atoms. The number of benzene rings is 2. The van der Waals surface area contributed by atoms with Gasteiger partial charge in [-0.2, -0.15) is 0 Å². The normalized spacial score (nSPS) is 10.7. The molecular formula is C14H10ClN3O2. The highest BCUT2D eigenvalue weighted by Crippen LogP contribution is 2.22. The van der Waals surface area contributed by atoms with Crippen molar-refractivity contribution in [3.8, 4) is 5.75 Å². The Morgan fingerprint density at radius 3 is 2.85 bits per heavy atom. The number of nitrogens with zero attached hydrogens (tertiary/aromatic N) is 1. The van der Waals surface area contributed by atoms with E-state index in [2.05, 4.69) is 15.3 Å². The summed E-state index contributed by atoms with van der Waals surface area (Å²) in [4.78, 5) is 19.3. The molecule has 2 aromatic carbocycles. The van der Waals surface area contributed by atoms with Crippen LogP contribution in [0.15, 0.2) is 42.5 Å². The molecular weight excluding hydrogens is 278 g/mol. The van der Waals surface area contributed by atoms with Gasteiger partial charge in [0.25, 0.3) is 5.91 Å². The smallest absolute Gasteiger partial charge is 0.259 e. The highest BCUT2D eigenvalue weighted by Gasteiger charge is 2.13. The predicted octanol–water partition coefficient (Wildman–Crippen LogP) is 3.17.